The number of ether oxygens (including phenoxy) is 1. The lowest BCUT2D eigenvalue weighted by Gasteiger charge is -2.11. The maximum atomic E-state index is 13.6. The fourth-order valence-corrected chi connectivity index (χ4v) is 2.02. The summed E-state index contributed by atoms with van der Waals surface area (Å²) in [5.41, 5.74) is 1.80. The minimum Gasteiger partial charge on any atom is -0.457 e. The van der Waals surface area contributed by atoms with Gasteiger partial charge in [0, 0.05) is 17.6 Å². The fourth-order valence-electron chi connectivity index (χ4n) is 1.86. The highest BCUT2D eigenvalue weighted by Crippen LogP contribution is 2.29. The molecular formula is C16H17ClFNO. The minimum atomic E-state index is -0.310. The third-order valence-electron chi connectivity index (χ3n) is 2.89. The molecule has 2 nitrogen and oxygen atoms in total. The Hall–Kier alpha value is -1.58. The second kappa shape index (κ2) is 6.73. The largest absolute Gasteiger partial charge is 0.457 e. The van der Waals surface area contributed by atoms with Gasteiger partial charge in [-0.15, -0.1) is 0 Å². The van der Waals surface area contributed by atoms with Gasteiger partial charge < -0.3 is 10.1 Å². The van der Waals surface area contributed by atoms with Crippen molar-refractivity contribution in [2.75, 3.05) is 6.54 Å². The Bertz CT molecular complexity index is 601. The van der Waals surface area contributed by atoms with Crippen molar-refractivity contribution in [2.24, 2.45) is 0 Å². The zero-order valence-corrected chi connectivity index (χ0v) is 12.3. The fraction of sp³-hybridized carbons (Fsp3) is 0.250. The number of benzene rings is 2. The van der Waals surface area contributed by atoms with Crippen molar-refractivity contribution in [1.29, 1.82) is 0 Å². The van der Waals surface area contributed by atoms with Crippen molar-refractivity contribution in [3.63, 3.8) is 0 Å². The first-order chi connectivity index (χ1) is 9.58. The molecule has 0 radical (unpaired) electrons. The zero-order chi connectivity index (χ0) is 14.5. The quantitative estimate of drug-likeness (QED) is 0.863. The van der Waals surface area contributed by atoms with E-state index in [4.69, 9.17) is 16.3 Å². The Morgan fingerprint density at radius 1 is 1.20 bits per heavy atom. The van der Waals surface area contributed by atoms with Gasteiger partial charge in [-0.1, -0.05) is 24.6 Å². The van der Waals surface area contributed by atoms with E-state index < -0.39 is 0 Å². The van der Waals surface area contributed by atoms with E-state index in [0.717, 1.165) is 17.7 Å². The van der Waals surface area contributed by atoms with E-state index in [2.05, 4.69) is 5.32 Å². The van der Waals surface area contributed by atoms with Gasteiger partial charge in [-0.05, 0) is 48.9 Å². The van der Waals surface area contributed by atoms with Gasteiger partial charge in [-0.2, -0.15) is 0 Å². The Morgan fingerprint density at radius 3 is 2.75 bits per heavy atom. The van der Waals surface area contributed by atoms with Crippen LogP contribution >= 0.6 is 11.6 Å². The summed E-state index contributed by atoms with van der Waals surface area (Å²) in [6.45, 7) is 5.37. The SMILES string of the molecule is CCNCc1cc(F)cc(Oc2cc(Cl)ccc2C)c1. The van der Waals surface area contributed by atoms with Gasteiger partial charge in [-0.3, -0.25) is 0 Å². The van der Waals surface area contributed by atoms with E-state index in [1.54, 1.807) is 12.1 Å². The standard InChI is InChI=1S/C16H17ClFNO/c1-3-19-10-12-6-14(18)9-15(7-12)20-16-8-13(17)5-4-11(16)2/h4-9,19H,3,10H2,1-2H3. The summed E-state index contributed by atoms with van der Waals surface area (Å²) >= 11 is 5.95. The highest BCUT2D eigenvalue weighted by atomic mass is 35.5. The molecule has 0 fully saturated rings. The molecule has 0 aliphatic rings. The summed E-state index contributed by atoms with van der Waals surface area (Å²) in [7, 11) is 0. The molecule has 0 amide bonds. The van der Waals surface area contributed by atoms with Crippen LogP contribution in [-0.4, -0.2) is 6.54 Å². The van der Waals surface area contributed by atoms with E-state index in [1.807, 2.05) is 26.0 Å². The van der Waals surface area contributed by atoms with Crippen molar-refractivity contribution in [1.82, 2.24) is 5.32 Å². The molecular weight excluding hydrogens is 277 g/mol. The normalized spacial score (nSPS) is 10.6. The summed E-state index contributed by atoms with van der Waals surface area (Å²) in [6.07, 6.45) is 0. The van der Waals surface area contributed by atoms with Crippen molar-refractivity contribution >= 4 is 11.6 Å². The van der Waals surface area contributed by atoms with E-state index in [9.17, 15) is 4.39 Å². The van der Waals surface area contributed by atoms with Gasteiger partial charge in [-0.25, -0.2) is 4.39 Å². The molecule has 4 heteroatoms. The first-order valence-corrected chi connectivity index (χ1v) is 6.90. The summed E-state index contributed by atoms with van der Waals surface area (Å²) in [6, 6.07) is 10.1. The third-order valence-corrected chi connectivity index (χ3v) is 3.12. The molecule has 1 N–H and O–H groups in total. The van der Waals surface area contributed by atoms with Gasteiger partial charge in [0.25, 0.3) is 0 Å². The minimum absolute atomic E-state index is 0.310. The molecule has 0 unspecified atom stereocenters. The second-order valence-corrected chi connectivity index (χ2v) is 5.02. The van der Waals surface area contributed by atoms with Crippen LogP contribution in [0.5, 0.6) is 11.5 Å². The highest BCUT2D eigenvalue weighted by molar-refractivity contribution is 6.30. The van der Waals surface area contributed by atoms with Crippen LogP contribution in [0.15, 0.2) is 36.4 Å². The van der Waals surface area contributed by atoms with Crippen LogP contribution in [0, 0.1) is 12.7 Å². The molecule has 0 heterocycles. The van der Waals surface area contributed by atoms with Gasteiger partial charge in [0.1, 0.15) is 17.3 Å². The van der Waals surface area contributed by atoms with Crippen molar-refractivity contribution in [3.05, 3.63) is 58.4 Å². The summed E-state index contributed by atoms with van der Waals surface area (Å²) < 4.78 is 19.3. The number of aryl methyl sites for hydroxylation is 1. The predicted octanol–water partition coefficient (Wildman–Crippen LogP) is 4.69. The van der Waals surface area contributed by atoms with E-state index >= 15 is 0 Å². The van der Waals surface area contributed by atoms with Crippen molar-refractivity contribution in [3.8, 4) is 11.5 Å². The Morgan fingerprint density at radius 2 is 2.00 bits per heavy atom. The van der Waals surface area contributed by atoms with E-state index in [-0.39, 0.29) is 5.82 Å². The van der Waals surface area contributed by atoms with E-state index in [1.165, 1.54) is 12.1 Å². The predicted molar refractivity (Wildman–Crippen MR) is 80.0 cm³/mol. The van der Waals surface area contributed by atoms with Crippen molar-refractivity contribution < 1.29 is 9.13 Å². The van der Waals surface area contributed by atoms with Crippen LogP contribution < -0.4 is 10.1 Å². The molecule has 0 saturated heterocycles. The first-order valence-electron chi connectivity index (χ1n) is 6.52. The van der Waals surface area contributed by atoms with Gasteiger partial charge in [0.05, 0.1) is 0 Å². The lowest BCUT2D eigenvalue weighted by atomic mass is 10.2. The van der Waals surface area contributed by atoms with Gasteiger partial charge >= 0.3 is 0 Å². The number of nitrogens with one attached hydrogen (secondary N) is 1. The molecule has 0 bridgehead atoms. The smallest absolute Gasteiger partial charge is 0.131 e. The van der Waals surface area contributed by atoms with E-state index in [0.29, 0.717) is 23.1 Å². The molecule has 2 rings (SSSR count). The lowest BCUT2D eigenvalue weighted by molar-refractivity contribution is 0.471. The zero-order valence-electron chi connectivity index (χ0n) is 11.5. The molecule has 106 valence electrons. The molecule has 0 saturated carbocycles. The molecule has 0 aromatic heterocycles. The Labute approximate surface area is 123 Å². The van der Waals surface area contributed by atoms with Crippen LogP contribution in [0.4, 0.5) is 4.39 Å². The molecule has 0 aliphatic heterocycles. The lowest BCUT2D eigenvalue weighted by Crippen LogP contribution is -2.11. The van der Waals surface area contributed by atoms with Crippen LogP contribution in [0.2, 0.25) is 5.02 Å². The topological polar surface area (TPSA) is 21.3 Å². The van der Waals surface area contributed by atoms with Crippen LogP contribution in [0.1, 0.15) is 18.1 Å². The maximum Gasteiger partial charge on any atom is 0.131 e. The first kappa shape index (κ1) is 14.8. The third kappa shape index (κ3) is 3.95. The molecule has 0 aliphatic carbocycles. The molecule has 2 aromatic rings. The summed E-state index contributed by atoms with van der Waals surface area (Å²) in [4.78, 5) is 0. The number of hydrogen-bond donors (Lipinski definition) is 1. The number of halogens is 2. The Balaban J connectivity index is 2.24. The monoisotopic (exact) mass is 293 g/mol. The molecule has 20 heavy (non-hydrogen) atoms. The highest BCUT2D eigenvalue weighted by Gasteiger charge is 2.06. The molecule has 0 spiro atoms. The summed E-state index contributed by atoms with van der Waals surface area (Å²) in [5, 5.41) is 3.75. The van der Waals surface area contributed by atoms with Gasteiger partial charge in [0.2, 0.25) is 0 Å². The molecule has 0 atom stereocenters. The second-order valence-electron chi connectivity index (χ2n) is 4.59. The average Bonchev–Trinajstić information content (AvgIpc) is 2.40. The van der Waals surface area contributed by atoms with Gasteiger partial charge in [0.15, 0.2) is 0 Å². The van der Waals surface area contributed by atoms with Crippen LogP contribution in [-0.2, 0) is 6.54 Å². The van der Waals surface area contributed by atoms with Crippen molar-refractivity contribution in [2.45, 2.75) is 20.4 Å². The number of hydrogen-bond acceptors (Lipinski definition) is 2. The average molecular weight is 294 g/mol. The summed E-state index contributed by atoms with van der Waals surface area (Å²) in [5.74, 6) is 0.802. The van der Waals surface area contributed by atoms with Crippen LogP contribution in [0.3, 0.4) is 0 Å². The maximum absolute atomic E-state index is 13.6. The van der Waals surface area contributed by atoms with Crippen LogP contribution in [0.25, 0.3) is 0 Å². The number of rotatable bonds is 5. The Kier molecular flexibility index (Phi) is 4.99. The molecule has 2 aromatic carbocycles.